The second-order valence-corrected chi connectivity index (χ2v) is 10.6. The third kappa shape index (κ3) is 12.1. The lowest BCUT2D eigenvalue weighted by Crippen LogP contribution is -2.44. The Morgan fingerprint density at radius 1 is 1.12 bits per heavy atom. The number of aromatic nitrogens is 1. The molecule has 0 aromatic carbocycles. The average Bonchev–Trinajstić information content (AvgIpc) is 2.93. The number of fused-ring (bicyclic) bond motifs is 2. The van der Waals surface area contributed by atoms with Crippen LogP contribution >= 0.6 is 11.8 Å². The van der Waals surface area contributed by atoms with E-state index in [0.29, 0.717) is 24.3 Å². The average molecular weight is 573 g/mol. The molecule has 11 heteroatoms. The quantitative estimate of drug-likeness (QED) is 0.167. The number of carbonyl (C=O) groups excluding carboxylic acids is 5. The van der Waals surface area contributed by atoms with Crippen LogP contribution in [0, 0.1) is 0 Å². The summed E-state index contributed by atoms with van der Waals surface area (Å²) >= 11 is 1.28. The van der Waals surface area contributed by atoms with Gasteiger partial charge in [0.25, 0.3) is 11.8 Å². The minimum atomic E-state index is -1.04. The second kappa shape index (κ2) is 18.0. The molecule has 1 aromatic rings. The number of nitrogens with zero attached hydrogens (tertiary/aromatic N) is 1. The molecule has 40 heavy (non-hydrogen) atoms. The van der Waals surface area contributed by atoms with Gasteiger partial charge in [-0.1, -0.05) is 62.6 Å². The molecule has 0 radical (unpaired) electrons. The van der Waals surface area contributed by atoms with Gasteiger partial charge in [-0.3, -0.25) is 19.2 Å². The summed E-state index contributed by atoms with van der Waals surface area (Å²) in [5.41, 5.74) is 0.484. The van der Waals surface area contributed by atoms with Crippen LogP contribution in [0.3, 0.4) is 0 Å². The van der Waals surface area contributed by atoms with Gasteiger partial charge >= 0.3 is 5.97 Å². The number of nitrogens with one attached hydrogen (secondary N) is 3. The first-order valence-corrected chi connectivity index (χ1v) is 14.8. The highest BCUT2D eigenvalue weighted by atomic mass is 32.2. The fourth-order valence-corrected chi connectivity index (χ4v) is 4.53. The highest BCUT2D eigenvalue weighted by Crippen LogP contribution is 2.14. The Labute approximate surface area is 240 Å². The monoisotopic (exact) mass is 572 g/mol. The summed E-state index contributed by atoms with van der Waals surface area (Å²) < 4.78 is 5.53. The topological polar surface area (TPSA) is 144 Å². The van der Waals surface area contributed by atoms with E-state index in [4.69, 9.17) is 4.74 Å². The maximum Gasteiger partial charge on any atom is 0.328 e. The molecule has 218 valence electrons. The lowest BCUT2D eigenvalue weighted by atomic mass is 10.1. The molecule has 1 aliphatic rings. The molecule has 1 aromatic heterocycles. The van der Waals surface area contributed by atoms with Crippen molar-refractivity contribution in [1.29, 1.82) is 0 Å². The molecule has 3 amide bonds. The fraction of sp³-hybridized carbons (Fsp3) is 0.517. The molecule has 0 spiro atoms. The van der Waals surface area contributed by atoms with Gasteiger partial charge in [-0.25, -0.2) is 9.78 Å². The SMILES string of the molecule is C/C=C1\NC(=O)c2cccc(n2)CNC(=O)C[C@@H](/C=C/CCSC(=O)CCCCCCC)OC(=O)[C@H](C)NC1=O. The molecule has 0 saturated carbocycles. The van der Waals surface area contributed by atoms with Crippen LogP contribution in [0.2, 0.25) is 0 Å². The Morgan fingerprint density at radius 3 is 2.65 bits per heavy atom. The number of thioether (sulfide) groups is 1. The van der Waals surface area contributed by atoms with Crippen molar-refractivity contribution in [3.63, 3.8) is 0 Å². The van der Waals surface area contributed by atoms with Crippen LogP contribution in [0.15, 0.2) is 42.1 Å². The van der Waals surface area contributed by atoms with E-state index in [0.717, 1.165) is 19.3 Å². The molecule has 0 fully saturated rings. The van der Waals surface area contributed by atoms with Gasteiger partial charge in [0.15, 0.2) is 5.12 Å². The molecule has 2 rings (SSSR count). The van der Waals surface area contributed by atoms with Crippen LogP contribution in [0.5, 0.6) is 0 Å². The van der Waals surface area contributed by atoms with E-state index >= 15 is 0 Å². The van der Waals surface area contributed by atoms with E-state index < -0.39 is 29.9 Å². The maximum absolute atomic E-state index is 12.7. The molecule has 10 nitrogen and oxygen atoms in total. The largest absolute Gasteiger partial charge is 0.456 e. The molecular formula is C29H40N4O6S. The standard InChI is InChI=1S/C29H40N4O6S/c1-4-6-7-8-9-16-26(35)40-17-11-10-14-22-18-25(34)30-19-21-13-12-15-24(32-21)28(37)33-23(5-2)27(36)31-20(3)29(38)39-22/h5,10,12-15,20,22H,4,6-9,11,16-19H2,1-3H3,(H,30,34)(H,31,36)(H,33,37)/b14-10+,23-5-/t20-,22+/m0/s1. The summed E-state index contributed by atoms with van der Waals surface area (Å²) in [6.07, 6.45) is 10.4. The van der Waals surface area contributed by atoms with Gasteiger partial charge in [0.1, 0.15) is 23.5 Å². The van der Waals surface area contributed by atoms with Crippen molar-refractivity contribution >= 4 is 40.6 Å². The summed E-state index contributed by atoms with van der Waals surface area (Å²) in [5, 5.41) is 7.90. The van der Waals surface area contributed by atoms with E-state index in [9.17, 15) is 24.0 Å². The van der Waals surface area contributed by atoms with Crippen molar-refractivity contribution in [2.45, 2.75) is 90.8 Å². The van der Waals surface area contributed by atoms with Crippen molar-refractivity contribution < 1.29 is 28.7 Å². The number of unbranched alkanes of at least 4 members (excludes halogenated alkanes) is 4. The molecule has 1 aliphatic heterocycles. The Bertz CT molecular complexity index is 1100. The van der Waals surface area contributed by atoms with Gasteiger partial charge in [-0.05, 0) is 44.9 Å². The number of cyclic esters (lactones) is 1. The van der Waals surface area contributed by atoms with Crippen molar-refractivity contribution in [1.82, 2.24) is 20.9 Å². The van der Waals surface area contributed by atoms with Gasteiger partial charge in [0, 0.05) is 12.2 Å². The van der Waals surface area contributed by atoms with Gasteiger partial charge in [0.05, 0.1) is 18.7 Å². The Kier molecular flexibility index (Phi) is 14.7. The lowest BCUT2D eigenvalue weighted by molar-refractivity contribution is -0.151. The van der Waals surface area contributed by atoms with Crippen LogP contribution in [0.25, 0.3) is 0 Å². The van der Waals surface area contributed by atoms with Crippen molar-refractivity contribution in [2.75, 3.05) is 5.75 Å². The van der Waals surface area contributed by atoms with Crippen LogP contribution in [-0.4, -0.2) is 51.7 Å². The zero-order chi connectivity index (χ0) is 29.3. The molecule has 2 bridgehead atoms. The minimum absolute atomic E-state index is 0.0401. The summed E-state index contributed by atoms with van der Waals surface area (Å²) in [6, 6.07) is 3.74. The summed E-state index contributed by atoms with van der Waals surface area (Å²) in [7, 11) is 0. The first kappa shape index (κ1) is 32.7. The minimum Gasteiger partial charge on any atom is -0.456 e. The zero-order valence-electron chi connectivity index (χ0n) is 23.5. The summed E-state index contributed by atoms with van der Waals surface area (Å²) in [5.74, 6) is -1.80. The van der Waals surface area contributed by atoms with Crippen LogP contribution < -0.4 is 16.0 Å². The first-order chi connectivity index (χ1) is 19.2. The zero-order valence-corrected chi connectivity index (χ0v) is 24.3. The van der Waals surface area contributed by atoms with E-state index in [1.54, 1.807) is 31.2 Å². The third-order valence-corrected chi connectivity index (χ3v) is 6.99. The number of rotatable bonds is 10. The smallest absolute Gasteiger partial charge is 0.328 e. The molecule has 0 saturated heterocycles. The number of carbonyl (C=O) groups is 5. The lowest BCUT2D eigenvalue weighted by Gasteiger charge is -2.19. The number of hydrogen-bond acceptors (Lipinski definition) is 8. The molecule has 0 unspecified atom stereocenters. The third-order valence-electron chi connectivity index (χ3n) is 6.03. The summed E-state index contributed by atoms with van der Waals surface area (Å²) in [4.78, 5) is 67.0. The molecule has 2 atom stereocenters. The van der Waals surface area contributed by atoms with E-state index in [-0.39, 0.29) is 35.4 Å². The van der Waals surface area contributed by atoms with Gasteiger partial charge < -0.3 is 20.7 Å². The number of esters is 1. The molecule has 0 aliphatic carbocycles. The predicted molar refractivity (Wildman–Crippen MR) is 154 cm³/mol. The Hall–Kier alpha value is -3.47. The number of pyridine rings is 1. The molecular weight excluding hydrogens is 532 g/mol. The van der Waals surface area contributed by atoms with Gasteiger partial charge in [0.2, 0.25) is 5.91 Å². The number of allylic oxidation sites excluding steroid dienone is 2. The van der Waals surface area contributed by atoms with Crippen LogP contribution in [0.1, 0.15) is 88.3 Å². The highest BCUT2D eigenvalue weighted by molar-refractivity contribution is 8.13. The Morgan fingerprint density at radius 2 is 1.90 bits per heavy atom. The fourth-order valence-electron chi connectivity index (χ4n) is 3.76. The van der Waals surface area contributed by atoms with Crippen LogP contribution in [0.4, 0.5) is 0 Å². The van der Waals surface area contributed by atoms with E-state index in [2.05, 4.69) is 27.9 Å². The molecule has 3 N–H and O–H groups in total. The maximum atomic E-state index is 12.7. The van der Waals surface area contributed by atoms with E-state index in [1.165, 1.54) is 43.7 Å². The molecule has 2 heterocycles. The van der Waals surface area contributed by atoms with Gasteiger partial charge in [-0.2, -0.15) is 0 Å². The van der Waals surface area contributed by atoms with Gasteiger partial charge in [-0.15, -0.1) is 0 Å². The highest BCUT2D eigenvalue weighted by Gasteiger charge is 2.24. The number of ether oxygens (including phenoxy) is 1. The normalized spacial score (nSPS) is 20.1. The number of amides is 3. The number of hydrogen-bond donors (Lipinski definition) is 3. The second-order valence-electron chi connectivity index (χ2n) is 9.42. The first-order valence-electron chi connectivity index (χ1n) is 13.8. The predicted octanol–water partition coefficient (Wildman–Crippen LogP) is 3.72. The van der Waals surface area contributed by atoms with Crippen LogP contribution in [-0.2, 0) is 30.5 Å². The van der Waals surface area contributed by atoms with Crippen molar-refractivity contribution in [3.05, 3.63) is 53.5 Å². The van der Waals surface area contributed by atoms with Crippen molar-refractivity contribution in [3.8, 4) is 0 Å². The van der Waals surface area contributed by atoms with Crippen molar-refractivity contribution in [2.24, 2.45) is 0 Å². The Balaban J connectivity index is 2.04. The summed E-state index contributed by atoms with van der Waals surface area (Å²) in [6.45, 7) is 5.25. The van der Waals surface area contributed by atoms with E-state index in [1.807, 2.05) is 0 Å².